The molecule has 0 fully saturated rings. The molecule has 1 aliphatic heterocycles. The maximum atomic E-state index is 13.9. The highest BCUT2D eigenvalue weighted by Crippen LogP contribution is 2.45. The number of carbonyl (C=O) groups excluding carboxylic acids is 1. The molecule has 50 heavy (non-hydrogen) atoms. The van der Waals surface area contributed by atoms with Crippen molar-refractivity contribution in [3.63, 3.8) is 0 Å². The van der Waals surface area contributed by atoms with Crippen molar-refractivity contribution in [2.45, 2.75) is 31.8 Å². The number of nitrogens with one attached hydrogen (secondary N) is 1. The number of nitrogens with zero attached hydrogens (tertiary/aromatic N) is 4. The lowest BCUT2D eigenvalue weighted by molar-refractivity contribution is 0.195. The summed E-state index contributed by atoms with van der Waals surface area (Å²) in [6.07, 6.45) is 2.46. The van der Waals surface area contributed by atoms with Gasteiger partial charge in [-0.2, -0.15) is 5.10 Å². The lowest BCUT2D eigenvalue weighted by Gasteiger charge is -2.37. The number of fused-ring (bicyclic) bond motifs is 2. The van der Waals surface area contributed by atoms with Gasteiger partial charge in [0.05, 0.1) is 11.6 Å². The molecule has 7 heteroatoms. The minimum Gasteiger partial charge on any atom is -0.317 e. The van der Waals surface area contributed by atoms with Gasteiger partial charge in [-0.05, 0) is 84.5 Å². The first-order valence-corrected chi connectivity index (χ1v) is 16.9. The van der Waals surface area contributed by atoms with Crippen molar-refractivity contribution in [3.8, 4) is 11.3 Å². The Morgan fingerprint density at radius 1 is 0.780 bits per heavy atom. The molecule has 0 saturated heterocycles. The van der Waals surface area contributed by atoms with Crippen molar-refractivity contribution in [3.05, 3.63) is 185 Å². The van der Waals surface area contributed by atoms with Gasteiger partial charge in [-0.15, -0.1) is 0 Å². The zero-order chi connectivity index (χ0) is 34.2. The van der Waals surface area contributed by atoms with Crippen LogP contribution in [-0.2, 0) is 12.0 Å². The summed E-state index contributed by atoms with van der Waals surface area (Å²) < 4.78 is 15.9. The number of pyridine rings is 1. The number of hydrogen-bond acceptors (Lipinski definition) is 3. The highest BCUT2D eigenvalue weighted by atomic mass is 19.1. The van der Waals surface area contributed by atoms with Gasteiger partial charge >= 0.3 is 6.03 Å². The molecule has 2 amide bonds. The smallest absolute Gasteiger partial charge is 0.317 e. The first-order chi connectivity index (χ1) is 24.4. The number of rotatable bonds is 7. The topological polar surface area (TPSA) is 63.1 Å². The van der Waals surface area contributed by atoms with Crippen LogP contribution >= 0.6 is 0 Å². The molecule has 0 saturated carbocycles. The van der Waals surface area contributed by atoms with Gasteiger partial charge in [0, 0.05) is 35.1 Å². The van der Waals surface area contributed by atoms with E-state index >= 15 is 0 Å². The second-order valence-corrected chi connectivity index (χ2v) is 12.9. The molecule has 3 heterocycles. The number of aryl methyl sites for hydroxylation is 1. The number of hydrogen-bond donors (Lipinski definition) is 1. The van der Waals surface area contributed by atoms with Crippen molar-refractivity contribution in [1.82, 2.24) is 19.7 Å². The Labute approximate surface area is 290 Å². The van der Waals surface area contributed by atoms with Crippen molar-refractivity contribution in [2.75, 3.05) is 11.9 Å². The predicted octanol–water partition coefficient (Wildman–Crippen LogP) is 9.54. The minimum absolute atomic E-state index is 0.198. The van der Waals surface area contributed by atoms with Crippen LogP contribution in [0.15, 0.2) is 146 Å². The van der Waals surface area contributed by atoms with Gasteiger partial charge in [0.1, 0.15) is 17.1 Å². The van der Waals surface area contributed by atoms with Crippen LogP contribution in [0, 0.1) is 12.7 Å². The zero-order valence-electron chi connectivity index (χ0n) is 27.9. The number of halogens is 1. The average Bonchev–Trinajstić information content (AvgIpc) is 3.43. The van der Waals surface area contributed by atoms with E-state index in [1.807, 2.05) is 49.2 Å². The molecule has 8 rings (SSSR count). The lowest BCUT2D eigenvalue weighted by atomic mass is 9.77. The monoisotopic (exact) mass is 657 g/mol. The molecule has 246 valence electrons. The third-order valence-electron chi connectivity index (χ3n) is 9.91. The second kappa shape index (κ2) is 12.7. The van der Waals surface area contributed by atoms with Crippen molar-refractivity contribution < 1.29 is 9.18 Å². The standard InChI is InChI=1S/C43H36FN5O/c1-29-26-33(22-24-45-29)41-38-27-32-23-25-48(30(2)31-18-20-37(44)21-19-31)42(50)46-39(32)28-40(38)49(47-41)43(34-12-6-3-7-13-34,35-14-8-4-9-15-35)36-16-10-5-11-17-36/h3-22,24,26-28,30H,23,25H2,1-2H3,(H,46,50). The molecule has 0 radical (unpaired) electrons. The fourth-order valence-corrected chi connectivity index (χ4v) is 7.42. The summed E-state index contributed by atoms with van der Waals surface area (Å²) in [7, 11) is 0. The van der Waals surface area contributed by atoms with Gasteiger partial charge in [-0.25, -0.2) is 13.9 Å². The third kappa shape index (κ3) is 5.31. The molecule has 1 aliphatic rings. The van der Waals surface area contributed by atoms with Gasteiger partial charge in [-0.1, -0.05) is 103 Å². The maximum absolute atomic E-state index is 13.9. The average molecular weight is 658 g/mol. The SMILES string of the molecule is Cc1cc(-c2nn(C(c3ccccc3)(c3ccccc3)c3ccccc3)c3cc4c(cc23)CCN(C(C)c2ccc(F)cc2)C(=O)N4)ccn1. The predicted molar refractivity (Wildman–Crippen MR) is 197 cm³/mol. The molecule has 6 nitrogen and oxygen atoms in total. The number of benzene rings is 5. The van der Waals surface area contributed by atoms with Crippen LogP contribution in [0.25, 0.3) is 22.2 Å². The molecule has 1 N–H and O–H groups in total. The highest BCUT2D eigenvalue weighted by Gasteiger charge is 2.41. The molecule has 2 aromatic heterocycles. The summed E-state index contributed by atoms with van der Waals surface area (Å²) in [6.45, 7) is 4.47. The van der Waals surface area contributed by atoms with E-state index in [9.17, 15) is 9.18 Å². The summed E-state index contributed by atoms with van der Waals surface area (Å²) in [5.41, 5.74) is 8.53. The Hall–Kier alpha value is -6.08. The van der Waals surface area contributed by atoms with Crippen LogP contribution in [0.2, 0.25) is 0 Å². The summed E-state index contributed by atoms with van der Waals surface area (Å²) in [5.74, 6) is -0.299. The fraction of sp³-hybridized carbons (Fsp3) is 0.140. The first-order valence-electron chi connectivity index (χ1n) is 16.9. The van der Waals surface area contributed by atoms with Crippen LogP contribution in [0.3, 0.4) is 0 Å². The van der Waals surface area contributed by atoms with Crippen LogP contribution in [-0.4, -0.2) is 32.2 Å². The van der Waals surface area contributed by atoms with E-state index in [2.05, 4.69) is 106 Å². The summed E-state index contributed by atoms with van der Waals surface area (Å²) in [5, 5.41) is 9.77. The van der Waals surface area contributed by atoms with E-state index in [1.165, 1.54) is 12.1 Å². The van der Waals surface area contributed by atoms with Crippen molar-refractivity contribution in [2.24, 2.45) is 0 Å². The molecule has 1 unspecified atom stereocenters. The maximum Gasteiger partial charge on any atom is 0.322 e. The zero-order valence-corrected chi connectivity index (χ0v) is 27.9. The van der Waals surface area contributed by atoms with E-state index < -0.39 is 5.54 Å². The fourth-order valence-electron chi connectivity index (χ4n) is 7.42. The Morgan fingerprint density at radius 3 is 1.96 bits per heavy atom. The number of carbonyl (C=O) groups is 1. The Kier molecular flexibility index (Phi) is 7.96. The largest absolute Gasteiger partial charge is 0.322 e. The number of anilines is 1. The lowest BCUT2D eigenvalue weighted by Crippen LogP contribution is -2.38. The summed E-state index contributed by atoms with van der Waals surface area (Å²) in [4.78, 5) is 20.2. The minimum atomic E-state index is -0.867. The van der Waals surface area contributed by atoms with Crippen molar-refractivity contribution >= 4 is 22.6 Å². The normalized spacial score (nSPS) is 13.8. The molecule has 0 bridgehead atoms. The molecule has 0 aliphatic carbocycles. The Balaban J connectivity index is 1.39. The van der Waals surface area contributed by atoms with E-state index in [1.54, 1.807) is 12.1 Å². The number of urea groups is 1. The van der Waals surface area contributed by atoms with Crippen LogP contribution in [0.1, 0.15) is 46.5 Å². The molecule has 0 spiro atoms. The van der Waals surface area contributed by atoms with Crippen LogP contribution in [0.5, 0.6) is 0 Å². The van der Waals surface area contributed by atoms with Crippen LogP contribution < -0.4 is 5.32 Å². The summed E-state index contributed by atoms with van der Waals surface area (Å²) in [6, 6.07) is 45.7. The Bertz CT molecular complexity index is 2210. The molecular weight excluding hydrogens is 622 g/mol. The molecule has 7 aromatic rings. The summed E-state index contributed by atoms with van der Waals surface area (Å²) >= 11 is 0. The molecule has 1 atom stereocenters. The quantitative estimate of drug-likeness (QED) is 0.174. The molecular formula is C43H36FN5O. The van der Waals surface area contributed by atoms with Gasteiger partial charge in [-0.3, -0.25) is 4.98 Å². The van der Waals surface area contributed by atoms with E-state index in [4.69, 9.17) is 5.10 Å². The van der Waals surface area contributed by atoms with Gasteiger partial charge < -0.3 is 10.2 Å². The van der Waals surface area contributed by atoms with Crippen LogP contribution in [0.4, 0.5) is 14.9 Å². The first kappa shape index (κ1) is 31.2. The van der Waals surface area contributed by atoms with E-state index in [-0.39, 0.29) is 17.9 Å². The number of amides is 2. The highest BCUT2D eigenvalue weighted by molar-refractivity contribution is 6.00. The van der Waals surface area contributed by atoms with E-state index in [0.29, 0.717) is 13.0 Å². The van der Waals surface area contributed by atoms with Gasteiger partial charge in [0.25, 0.3) is 0 Å². The Morgan fingerprint density at radius 2 is 1.38 bits per heavy atom. The van der Waals surface area contributed by atoms with E-state index in [0.717, 1.165) is 61.4 Å². The third-order valence-corrected chi connectivity index (χ3v) is 9.91. The van der Waals surface area contributed by atoms with Crippen molar-refractivity contribution in [1.29, 1.82) is 0 Å². The van der Waals surface area contributed by atoms with Gasteiger partial charge in [0.15, 0.2) is 0 Å². The number of aromatic nitrogens is 3. The van der Waals surface area contributed by atoms with Gasteiger partial charge in [0.2, 0.25) is 0 Å². The molecule has 5 aromatic carbocycles. The second-order valence-electron chi connectivity index (χ2n) is 12.9.